The van der Waals surface area contributed by atoms with Gasteiger partial charge < -0.3 is 15.4 Å². The molecule has 0 fully saturated rings. The predicted molar refractivity (Wildman–Crippen MR) is 68.1 cm³/mol. The Morgan fingerprint density at radius 1 is 1.28 bits per heavy atom. The summed E-state index contributed by atoms with van der Waals surface area (Å²) in [6, 6.07) is 5.84. The second-order valence-corrected chi connectivity index (χ2v) is 3.86. The minimum atomic E-state index is -0.286. The normalized spacial score (nSPS) is 10.1. The van der Waals surface area contributed by atoms with Gasteiger partial charge in [0, 0.05) is 19.5 Å². The van der Waals surface area contributed by atoms with Gasteiger partial charge in [-0.05, 0) is 37.7 Å². The fourth-order valence-electron chi connectivity index (χ4n) is 1.37. The second-order valence-electron chi connectivity index (χ2n) is 3.86. The summed E-state index contributed by atoms with van der Waals surface area (Å²) in [5.74, 6) is 0.353. The van der Waals surface area contributed by atoms with Crippen LogP contribution in [0.4, 0.5) is 4.39 Å². The molecule has 0 unspecified atom stereocenters. The van der Waals surface area contributed by atoms with Crippen molar-refractivity contribution in [1.29, 1.82) is 0 Å². The molecule has 18 heavy (non-hydrogen) atoms. The van der Waals surface area contributed by atoms with Gasteiger partial charge in [-0.25, -0.2) is 4.39 Å². The number of carbonyl (C=O) groups is 1. The summed E-state index contributed by atoms with van der Waals surface area (Å²) < 4.78 is 18.0. The van der Waals surface area contributed by atoms with Gasteiger partial charge in [0.05, 0.1) is 6.61 Å². The van der Waals surface area contributed by atoms with Gasteiger partial charge in [-0.2, -0.15) is 0 Å². The lowest BCUT2D eigenvalue weighted by molar-refractivity contribution is -0.121. The van der Waals surface area contributed by atoms with Crippen molar-refractivity contribution >= 4 is 5.91 Å². The molecule has 100 valence electrons. The third-order valence-electron chi connectivity index (χ3n) is 2.33. The van der Waals surface area contributed by atoms with Crippen LogP contribution >= 0.6 is 0 Å². The highest BCUT2D eigenvalue weighted by molar-refractivity contribution is 5.75. The molecule has 0 aliphatic heterocycles. The van der Waals surface area contributed by atoms with E-state index in [9.17, 15) is 9.18 Å². The smallest absolute Gasteiger partial charge is 0.220 e. The topological polar surface area (TPSA) is 50.4 Å². The Morgan fingerprint density at radius 3 is 2.67 bits per heavy atom. The molecule has 1 amide bonds. The number of likely N-dealkylation sites (N-methyl/N-ethyl adjacent to an activating group) is 1. The number of amides is 1. The molecule has 0 heterocycles. The lowest BCUT2D eigenvalue weighted by Gasteiger charge is -2.06. The van der Waals surface area contributed by atoms with E-state index in [1.165, 1.54) is 12.1 Å². The summed E-state index contributed by atoms with van der Waals surface area (Å²) in [6.45, 7) is 1.84. The van der Waals surface area contributed by atoms with Crippen LogP contribution in [0.25, 0.3) is 0 Å². The summed E-state index contributed by atoms with van der Waals surface area (Å²) in [5, 5.41) is 5.73. The minimum absolute atomic E-state index is 0.0213. The van der Waals surface area contributed by atoms with Crippen LogP contribution in [-0.4, -0.2) is 32.7 Å². The average Bonchev–Trinajstić information content (AvgIpc) is 2.37. The van der Waals surface area contributed by atoms with E-state index in [0.29, 0.717) is 31.7 Å². The highest BCUT2D eigenvalue weighted by atomic mass is 19.1. The van der Waals surface area contributed by atoms with Gasteiger partial charge in [0.1, 0.15) is 11.6 Å². The van der Waals surface area contributed by atoms with Crippen LogP contribution < -0.4 is 15.4 Å². The number of nitrogens with one attached hydrogen (secondary N) is 2. The maximum Gasteiger partial charge on any atom is 0.220 e. The molecule has 1 aromatic carbocycles. The van der Waals surface area contributed by atoms with E-state index in [-0.39, 0.29) is 11.7 Å². The van der Waals surface area contributed by atoms with E-state index in [0.717, 1.165) is 6.54 Å². The molecule has 0 saturated heterocycles. The number of rotatable bonds is 8. The molecule has 5 heteroatoms. The van der Waals surface area contributed by atoms with Crippen molar-refractivity contribution in [3.8, 4) is 5.75 Å². The van der Waals surface area contributed by atoms with Gasteiger partial charge in [0.15, 0.2) is 0 Å². The summed E-state index contributed by atoms with van der Waals surface area (Å²) in [7, 11) is 1.84. The second kappa shape index (κ2) is 8.47. The molecule has 4 nitrogen and oxygen atoms in total. The van der Waals surface area contributed by atoms with Crippen molar-refractivity contribution in [3.05, 3.63) is 30.1 Å². The zero-order valence-corrected chi connectivity index (χ0v) is 10.5. The van der Waals surface area contributed by atoms with Gasteiger partial charge in [-0.3, -0.25) is 4.79 Å². The van der Waals surface area contributed by atoms with Crippen molar-refractivity contribution in [3.63, 3.8) is 0 Å². The third-order valence-corrected chi connectivity index (χ3v) is 2.33. The quantitative estimate of drug-likeness (QED) is 0.688. The van der Waals surface area contributed by atoms with Gasteiger partial charge in [0.25, 0.3) is 0 Å². The Morgan fingerprint density at radius 2 is 2.00 bits per heavy atom. The fourth-order valence-corrected chi connectivity index (χ4v) is 1.37. The van der Waals surface area contributed by atoms with Crippen molar-refractivity contribution in [1.82, 2.24) is 10.6 Å². The van der Waals surface area contributed by atoms with Gasteiger partial charge in [-0.15, -0.1) is 0 Å². The zero-order valence-electron chi connectivity index (χ0n) is 10.5. The molecule has 0 aliphatic rings. The minimum Gasteiger partial charge on any atom is -0.494 e. The van der Waals surface area contributed by atoms with E-state index < -0.39 is 0 Å². The Labute approximate surface area is 107 Å². The highest BCUT2D eigenvalue weighted by Crippen LogP contribution is 2.11. The van der Waals surface area contributed by atoms with Crippen LogP contribution in [0.3, 0.4) is 0 Å². The number of halogens is 1. The van der Waals surface area contributed by atoms with Crippen LogP contribution in [-0.2, 0) is 4.79 Å². The van der Waals surface area contributed by atoms with E-state index >= 15 is 0 Å². The van der Waals surface area contributed by atoms with Crippen molar-refractivity contribution < 1.29 is 13.9 Å². The van der Waals surface area contributed by atoms with Crippen LogP contribution in [0, 0.1) is 5.82 Å². The molecular formula is C13H19FN2O2. The fraction of sp³-hybridized carbons (Fsp3) is 0.462. The van der Waals surface area contributed by atoms with Crippen molar-refractivity contribution in [2.75, 3.05) is 26.7 Å². The third kappa shape index (κ3) is 6.20. The van der Waals surface area contributed by atoms with E-state index in [2.05, 4.69) is 10.6 Å². The largest absolute Gasteiger partial charge is 0.494 e. The first kappa shape index (κ1) is 14.4. The molecule has 0 saturated carbocycles. The number of benzene rings is 1. The van der Waals surface area contributed by atoms with Crippen molar-refractivity contribution in [2.45, 2.75) is 12.8 Å². The Balaban J connectivity index is 2.07. The van der Waals surface area contributed by atoms with Crippen LogP contribution in [0.1, 0.15) is 12.8 Å². The van der Waals surface area contributed by atoms with Gasteiger partial charge >= 0.3 is 0 Å². The molecule has 0 aliphatic carbocycles. The number of carbonyl (C=O) groups excluding carboxylic acids is 1. The van der Waals surface area contributed by atoms with E-state index in [1.807, 2.05) is 7.05 Å². The summed E-state index contributed by atoms with van der Waals surface area (Å²) >= 11 is 0. The first-order chi connectivity index (χ1) is 8.72. The molecule has 0 aromatic heterocycles. The van der Waals surface area contributed by atoms with E-state index in [4.69, 9.17) is 4.74 Å². The summed E-state index contributed by atoms with van der Waals surface area (Å²) in [6.07, 6.45) is 1.08. The Hall–Kier alpha value is -1.62. The summed E-state index contributed by atoms with van der Waals surface area (Å²) in [4.78, 5) is 11.3. The maximum absolute atomic E-state index is 12.6. The summed E-state index contributed by atoms with van der Waals surface area (Å²) in [5.41, 5.74) is 0. The zero-order chi connectivity index (χ0) is 13.2. The first-order valence-corrected chi connectivity index (χ1v) is 6.02. The molecule has 1 rings (SSSR count). The standard InChI is InChI=1S/C13H19FN2O2/c1-15-8-9-16-13(17)3-2-10-18-12-6-4-11(14)5-7-12/h4-7,15H,2-3,8-10H2,1H3,(H,16,17). The predicted octanol–water partition coefficient (Wildman–Crippen LogP) is 1.32. The lowest BCUT2D eigenvalue weighted by atomic mass is 10.3. The number of hydrogen-bond acceptors (Lipinski definition) is 3. The molecule has 0 radical (unpaired) electrons. The molecule has 0 atom stereocenters. The van der Waals surface area contributed by atoms with Crippen LogP contribution in [0.15, 0.2) is 24.3 Å². The highest BCUT2D eigenvalue weighted by Gasteiger charge is 2.00. The van der Waals surface area contributed by atoms with Crippen molar-refractivity contribution in [2.24, 2.45) is 0 Å². The van der Waals surface area contributed by atoms with Crippen LogP contribution in [0.5, 0.6) is 5.75 Å². The maximum atomic E-state index is 12.6. The number of hydrogen-bond donors (Lipinski definition) is 2. The Kier molecular flexibility index (Phi) is 6.79. The van der Waals surface area contributed by atoms with E-state index in [1.54, 1.807) is 12.1 Å². The molecule has 2 N–H and O–H groups in total. The Bertz CT molecular complexity index is 355. The molecule has 0 spiro atoms. The average molecular weight is 254 g/mol. The van der Waals surface area contributed by atoms with Gasteiger partial charge in [-0.1, -0.05) is 0 Å². The van der Waals surface area contributed by atoms with Gasteiger partial charge in [0.2, 0.25) is 5.91 Å². The lowest BCUT2D eigenvalue weighted by Crippen LogP contribution is -2.30. The number of ether oxygens (including phenoxy) is 1. The monoisotopic (exact) mass is 254 g/mol. The van der Waals surface area contributed by atoms with Crippen LogP contribution in [0.2, 0.25) is 0 Å². The SMILES string of the molecule is CNCCNC(=O)CCCOc1ccc(F)cc1. The molecular weight excluding hydrogens is 235 g/mol. The molecule has 1 aromatic rings. The first-order valence-electron chi connectivity index (χ1n) is 6.02. The molecule has 0 bridgehead atoms.